The summed E-state index contributed by atoms with van der Waals surface area (Å²) in [6, 6.07) is 19.3. The lowest BCUT2D eigenvalue weighted by molar-refractivity contribution is -0.182. The first-order valence-electron chi connectivity index (χ1n) is 17.7. The van der Waals surface area contributed by atoms with E-state index >= 15 is 0 Å². The van der Waals surface area contributed by atoms with E-state index < -0.39 is 56.2 Å². The molecule has 2 aromatic rings. The van der Waals surface area contributed by atoms with Crippen LogP contribution in [-0.4, -0.2) is 80.7 Å². The molecule has 1 saturated heterocycles. The maximum absolute atomic E-state index is 14.1. The van der Waals surface area contributed by atoms with Gasteiger partial charge in [0.25, 0.3) is 8.32 Å². The predicted octanol–water partition coefficient (Wildman–Crippen LogP) is 6.15. The van der Waals surface area contributed by atoms with Gasteiger partial charge in [-0.15, -0.1) is 0 Å². The van der Waals surface area contributed by atoms with E-state index in [0.29, 0.717) is 19.3 Å². The van der Waals surface area contributed by atoms with Crippen molar-refractivity contribution in [3.8, 4) is 0 Å². The summed E-state index contributed by atoms with van der Waals surface area (Å²) in [6.45, 7) is 21.1. The summed E-state index contributed by atoms with van der Waals surface area (Å²) in [5.74, 6) is -1.09. The summed E-state index contributed by atoms with van der Waals surface area (Å²) in [5.41, 5.74) is -1.58. The normalized spacial score (nSPS) is 19.8. The number of hydrogen-bond acceptors (Lipinski definition) is 8. The number of carbonyl (C=O) groups is 3. The number of esters is 1. The van der Waals surface area contributed by atoms with Crippen molar-refractivity contribution in [3.63, 3.8) is 0 Å². The molecule has 5 atom stereocenters. The average Bonchev–Trinajstić information content (AvgIpc) is 3.37. The Kier molecular flexibility index (Phi) is 13.9. The number of ether oxygens (including phenoxy) is 4. The zero-order valence-corrected chi connectivity index (χ0v) is 33.2. The Hall–Kier alpha value is -3.25. The van der Waals surface area contributed by atoms with Gasteiger partial charge in [0.05, 0.1) is 6.10 Å². The van der Waals surface area contributed by atoms with Crippen LogP contribution in [0.2, 0.25) is 5.04 Å². The highest BCUT2D eigenvalue weighted by Gasteiger charge is 2.54. The monoisotopic (exact) mass is 712 g/mol. The van der Waals surface area contributed by atoms with E-state index in [1.54, 1.807) is 25.7 Å². The van der Waals surface area contributed by atoms with Crippen molar-refractivity contribution in [2.24, 2.45) is 5.92 Å². The highest BCUT2D eigenvalue weighted by atomic mass is 28.4. The minimum absolute atomic E-state index is 0.270. The van der Waals surface area contributed by atoms with Crippen LogP contribution in [0.4, 0.5) is 4.79 Å². The summed E-state index contributed by atoms with van der Waals surface area (Å²) in [7, 11) is -1.52. The third kappa shape index (κ3) is 10.6. The van der Waals surface area contributed by atoms with Crippen LogP contribution in [0.15, 0.2) is 60.7 Å². The highest BCUT2D eigenvalue weighted by Crippen LogP contribution is 2.41. The van der Waals surface area contributed by atoms with Gasteiger partial charge in [0.1, 0.15) is 17.2 Å². The largest absolute Gasteiger partial charge is 0.458 e. The summed E-state index contributed by atoms with van der Waals surface area (Å²) in [4.78, 5) is 41.5. The predicted molar refractivity (Wildman–Crippen MR) is 198 cm³/mol. The minimum Gasteiger partial charge on any atom is -0.458 e. The molecule has 2 amide bonds. The van der Waals surface area contributed by atoms with E-state index in [2.05, 4.69) is 50.4 Å². The Morgan fingerprint density at radius 3 is 1.80 bits per heavy atom. The molecule has 3 rings (SSSR count). The van der Waals surface area contributed by atoms with Crippen LogP contribution >= 0.6 is 0 Å². The van der Waals surface area contributed by atoms with Crippen molar-refractivity contribution in [1.82, 2.24) is 10.2 Å². The SMILES string of the molecule is CC[C@H](C[C@@H]1[C@H](CO[Si](c2ccccc2)(c2ccccc2)C(C)(C)C)C[C@H](C(=O)OC(C)(C)C)N1C(=O)OC(C)(C)C)O[C@H](NC(C)=O)OC. The number of likely N-dealkylation sites (tertiary alicyclic amines) is 1. The first-order valence-corrected chi connectivity index (χ1v) is 19.6. The van der Waals surface area contributed by atoms with Crippen LogP contribution in [0, 0.1) is 5.92 Å². The lowest BCUT2D eigenvalue weighted by Gasteiger charge is -2.44. The zero-order chi connectivity index (χ0) is 37.5. The lowest BCUT2D eigenvalue weighted by Crippen LogP contribution is -2.67. The molecule has 278 valence electrons. The second kappa shape index (κ2) is 16.8. The summed E-state index contributed by atoms with van der Waals surface area (Å²) in [5, 5.41) is 4.65. The van der Waals surface area contributed by atoms with Gasteiger partial charge in [-0.1, -0.05) is 88.4 Å². The van der Waals surface area contributed by atoms with Gasteiger partial charge < -0.3 is 28.7 Å². The van der Waals surface area contributed by atoms with E-state index in [0.717, 1.165) is 10.4 Å². The topological polar surface area (TPSA) is 113 Å². The number of amides is 2. The zero-order valence-electron chi connectivity index (χ0n) is 32.2. The van der Waals surface area contributed by atoms with Gasteiger partial charge in [-0.25, -0.2) is 9.59 Å². The number of benzene rings is 2. The number of methoxy groups -OCH3 is 1. The van der Waals surface area contributed by atoms with Crippen molar-refractivity contribution in [2.75, 3.05) is 13.7 Å². The molecule has 0 saturated carbocycles. The van der Waals surface area contributed by atoms with E-state index in [9.17, 15) is 14.4 Å². The quantitative estimate of drug-likeness (QED) is 0.150. The number of hydrogen-bond donors (Lipinski definition) is 1. The van der Waals surface area contributed by atoms with Gasteiger partial charge in [0.15, 0.2) is 0 Å². The molecule has 0 bridgehead atoms. The van der Waals surface area contributed by atoms with Gasteiger partial charge in [0, 0.05) is 32.6 Å². The summed E-state index contributed by atoms with van der Waals surface area (Å²) >= 11 is 0. The molecule has 1 heterocycles. The first kappa shape index (κ1) is 41.2. The number of nitrogens with one attached hydrogen (secondary N) is 1. The van der Waals surface area contributed by atoms with E-state index in [-0.39, 0.29) is 23.5 Å². The van der Waals surface area contributed by atoms with Crippen LogP contribution in [0.1, 0.15) is 95.4 Å². The second-order valence-electron chi connectivity index (χ2n) is 16.1. The van der Waals surface area contributed by atoms with Crippen LogP contribution < -0.4 is 15.7 Å². The third-order valence-corrected chi connectivity index (χ3v) is 13.8. The van der Waals surface area contributed by atoms with Gasteiger partial charge in [-0.3, -0.25) is 9.69 Å². The molecule has 0 spiro atoms. The minimum atomic E-state index is -2.97. The lowest BCUT2D eigenvalue weighted by atomic mass is 9.94. The maximum Gasteiger partial charge on any atom is 0.411 e. The summed E-state index contributed by atoms with van der Waals surface area (Å²) in [6.07, 6.45) is -0.837. The third-order valence-electron chi connectivity index (χ3n) is 8.79. The fourth-order valence-electron chi connectivity index (χ4n) is 6.73. The number of carbonyl (C=O) groups excluding carboxylic acids is 3. The Morgan fingerprint density at radius 1 is 0.860 bits per heavy atom. The van der Waals surface area contributed by atoms with Crippen LogP contribution in [0.25, 0.3) is 0 Å². The average molecular weight is 713 g/mol. The molecule has 0 aliphatic carbocycles. The first-order chi connectivity index (χ1) is 23.2. The van der Waals surface area contributed by atoms with E-state index in [4.69, 9.17) is 23.4 Å². The smallest absolute Gasteiger partial charge is 0.411 e. The molecular weight excluding hydrogens is 653 g/mol. The number of rotatable bonds is 13. The maximum atomic E-state index is 14.1. The molecule has 2 aromatic carbocycles. The molecular formula is C39H60N2O8Si. The van der Waals surface area contributed by atoms with Gasteiger partial charge >= 0.3 is 12.1 Å². The molecule has 1 aliphatic heterocycles. The van der Waals surface area contributed by atoms with E-state index in [1.807, 2.05) is 64.1 Å². The molecule has 0 aromatic heterocycles. The molecule has 0 radical (unpaired) electrons. The van der Waals surface area contributed by atoms with Crippen LogP contribution in [-0.2, 0) is 33.0 Å². The van der Waals surface area contributed by atoms with Gasteiger partial charge in [0.2, 0.25) is 12.3 Å². The standard InChI is InChI=1S/C39H60N2O8Si/c1-13-29(47-35(45-12)40-27(2)42)25-32-28(24-33(34(43)48-37(3,4)5)41(32)36(44)49-38(6,7)8)26-46-50(39(9,10)11,30-20-16-14-17-21-30)31-22-18-15-19-23-31/h14-23,28-29,32-33,35H,13,24-26H2,1-12H3,(H,40,42)/t28-,29+,32+,33+,35+/m0/s1. The molecule has 0 unspecified atom stereocenters. The fourth-order valence-corrected chi connectivity index (χ4v) is 11.3. The van der Waals surface area contributed by atoms with Crippen LogP contribution in [0.5, 0.6) is 0 Å². The Morgan fingerprint density at radius 2 is 1.38 bits per heavy atom. The van der Waals surface area contributed by atoms with Gasteiger partial charge in [-0.05, 0) is 76.2 Å². The molecule has 10 nitrogen and oxygen atoms in total. The number of nitrogens with zero attached hydrogens (tertiary/aromatic N) is 1. The van der Waals surface area contributed by atoms with Gasteiger partial charge in [-0.2, -0.15) is 0 Å². The summed E-state index contributed by atoms with van der Waals surface area (Å²) < 4.78 is 30.9. The van der Waals surface area contributed by atoms with E-state index in [1.165, 1.54) is 14.0 Å². The molecule has 1 fully saturated rings. The van der Waals surface area contributed by atoms with Crippen LogP contribution in [0.3, 0.4) is 0 Å². The fraction of sp³-hybridized carbons (Fsp3) is 0.615. The molecule has 11 heteroatoms. The highest BCUT2D eigenvalue weighted by molar-refractivity contribution is 6.99. The van der Waals surface area contributed by atoms with Crippen molar-refractivity contribution in [3.05, 3.63) is 60.7 Å². The Labute approximate surface area is 300 Å². The molecule has 1 aliphatic rings. The van der Waals surface area contributed by atoms with Crippen molar-refractivity contribution < 1.29 is 37.8 Å². The molecule has 1 N–H and O–H groups in total. The van der Waals surface area contributed by atoms with Crippen molar-refractivity contribution >= 4 is 36.7 Å². The second-order valence-corrected chi connectivity index (χ2v) is 20.5. The van der Waals surface area contributed by atoms with Crippen molar-refractivity contribution in [1.29, 1.82) is 0 Å². The van der Waals surface area contributed by atoms with Crippen molar-refractivity contribution in [2.45, 2.75) is 136 Å². The Balaban J connectivity index is 2.16. The Bertz CT molecular complexity index is 1360. The molecule has 50 heavy (non-hydrogen) atoms.